The second kappa shape index (κ2) is 6.77. The van der Waals surface area contributed by atoms with Crippen molar-refractivity contribution in [3.8, 4) is 0 Å². The number of aromatic carboxylic acids is 1. The highest BCUT2D eigenvalue weighted by Gasteiger charge is 2.07. The van der Waals surface area contributed by atoms with Gasteiger partial charge in [0.25, 0.3) is 0 Å². The lowest BCUT2D eigenvalue weighted by Crippen LogP contribution is -1.95. The molecule has 0 fully saturated rings. The lowest BCUT2D eigenvalue weighted by atomic mass is 10.1. The second-order valence-electron chi connectivity index (χ2n) is 4.20. The van der Waals surface area contributed by atoms with Crippen LogP contribution >= 0.6 is 23.4 Å². The molecule has 0 aromatic heterocycles. The van der Waals surface area contributed by atoms with Crippen molar-refractivity contribution in [2.45, 2.75) is 11.5 Å². The van der Waals surface area contributed by atoms with Gasteiger partial charge in [0.1, 0.15) is 5.82 Å². The number of benzene rings is 2. The van der Waals surface area contributed by atoms with Gasteiger partial charge in [-0.1, -0.05) is 29.8 Å². The molecule has 2 rings (SSSR count). The molecule has 1 N–H and O–H groups in total. The normalized spacial score (nSPS) is 10.5. The molecule has 0 spiro atoms. The van der Waals surface area contributed by atoms with E-state index >= 15 is 0 Å². The molecular formula is C15H12ClFO2S. The van der Waals surface area contributed by atoms with E-state index in [1.165, 1.54) is 17.8 Å². The first-order valence-corrected chi connectivity index (χ1v) is 7.44. The number of carboxylic acid groups (broad SMARTS) is 1. The summed E-state index contributed by atoms with van der Waals surface area (Å²) in [5.41, 5.74) is 1.75. The average molecular weight is 311 g/mol. The van der Waals surface area contributed by atoms with Crippen LogP contribution in [0.4, 0.5) is 4.39 Å². The maximum absolute atomic E-state index is 13.6. The minimum Gasteiger partial charge on any atom is -0.478 e. The number of carbonyl (C=O) groups is 1. The first kappa shape index (κ1) is 14.9. The van der Waals surface area contributed by atoms with Gasteiger partial charge in [-0.05, 0) is 29.8 Å². The Morgan fingerprint density at radius 3 is 2.45 bits per heavy atom. The lowest BCUT2D eigenvalue weighted by molar-refractivity contribution is 0.0697. The molecule has 0 bridgehead atoms. The standard InChI is InChI=1S/C15H12ClFO2S/c16-13-2-1-3-14(17)12(13)9-20-8-10-4-6-11(7-5-10)15(18)19/h1-7H,8-9H2,(H,18,19). The van der Waals surface area contributed by atoms with Crippen molar-refractivity contribution >= 4 is 29.3 Å². The van der Waals surface area contributed by atoms with Crippen LogP contribution < -0.4 is 0 Å². The van der Waals surface area contributed by atoms with Crippen molar-refractivity contribution in [3.05, 3.63) is 70.0 Å². The van der Waals surface area contributed by atoms with Gasteiger partial charge in [0.05, 0.1) is 5.56 Å². The zero-order chi connectivity index (χ0) is 14.5. The van der Waals surface area contributed by atoms with E-state index in [9.17, 15) is 9.18 Å². The minimum absolute atomic E-state index is 0.260. The van der Waals surface area contributed by atoms with E-state index in [0.29, 0.717) is 22.1 Å². The van der Waals surface area contributed by atoms with Crippen molar-refractivity contribution in [1.82, 2.24) is 0 Å². The molecule has 2 aromatic rings. The topological polar surface area (TPSA) is 37.3 Å². The molecule has 0 aliphatic rings. The third-order valence-electron chi connectivity index (χ3n) is 2.78. The van der Waals surface area contributed by atoms with E-state index in [0.717, 1.165) is 5.56 Å². The average Bonchev–Trinajstić information content (AvgIpc) is 2.42. The molecule has 0 radical (unpaired) electrons. The summed E-state index contributed by atoms with van der Waals surface area (Å²) in [5.74, 6) is -0.0925. The number of halogens is 2. The molecule has 0 amide bonds. The molecule has 20 heavy (non-hydrogen) atoms. The van der Waals surface area contributed by atoms with Crippen molar-refractivity contribution in [2.24, 2.45) is 0 Å². The van der Waals surface area contributed by atoms with Crippen LogP contribution in [0.15, 0.2) is 42.5 Å². The number of carboxylic acids is 1. The summed E-state index contributed by atoms with van der Waals surface area (Å²) in [6, 6.07) is 11.3. The smallest absolute Gasteiger partial charge is 0.335 e. The molecule has 0 aliphatic carbocycles. The highest BCUT2D eigenvalue weighted by Crippen LogP contribution is 2.25. The maximum Gasteiger partial charge on any atom is 0.335 e. The fourth-order valence-electron chi connectivity index (χ4n) is 1.68. The van der Waals surface area contributed by atoms with Crippen molar-refractivity contribution < 1.29 is 14.3 Å². The summed E-state index contributed by atoms with van der Waals surface area (Å²) in [7, 11) is 0. The van der Waals surface area contributed by atoms with Crippen LogP contribution in [0.2, 0.25) is 5.02 Å². The van der Waals surface area contributed by atoms with Crippen LogP contribution in [-0.4, -0.2) is 11.1 Å². The van der Waals surface area contributed by atoms with Gasteiger partial charge in [-0.2, -0.15) is 11.8 Å². The molecule has 0 heterocycles. The molecule has 0 saturated heterocycles. The molecule has 0 unspecified atom stereocenters. The largest absolute Gasteiger partial charge is 0.478 e. The second-order valence-corrected chi connectivity index (χ2v) is 5.59. The molecule has 0 aliphatic heterocycles. The van der Waals surface area contributed by atoms with Gasteiger partial charge in [-0.3, -0.25) is 0 Å². The fraction of sp³-hybridized carbons (Fsp3) is 0.133. The number of rotatable bonds is 5. The summed E-state index contributed by atoms with van der Waals surface area (Å²) in [6.07, 6.45) is 0. The van der Waals surface area contributed by atoms with E-state index in [2.05, 4.69) is 0 Å². The quantitative estimate of drug-likeness (QED) is 0.876. The van der Waals surface area contributed by atoms with Crippen molar-refractivity contribution in [3.63, 3.8) is 0 Å². The third kappa shape index (κ3) is 3.74. The molecule has 5 heteroatoms. The van der Waals surface area contributed by atoms with E-state index in [1.807, 2.05) is 0 Å². The van der Waals surface area contributed by atoms with Crippen LogP contribution in [0.1, 0.15) is 21.5 Å². The molecule has 0 saturated carbocycles. The van der Waals surface area contributed by atoms with E-state index in [1.54, 1.807) is 36.4 Å². The Morgan fingerprint density at radius 1 is 1.15 bits per heavy atom. The zero-order valence-corrected chi connectivity index (χ0v) is 12.0. The van der Waals surface area contributed by atoms with Gasteiger partial charge in [0.2, 0.25) is 0 Å². The number of hydrogen-bond donors (Lipinski definition) is 1. The fourth-order valence-corrected chi connectivity index (χ4v) is 3.02. The molecule has 2 nitrogen and oxygen atoms in total. The third-order valence-corrected chi connectivity index (χ3v) is 4.16. The first-order chi connectivity index (χ1) is 9.58. The number of hydrogen-bond acceptors (Lipinski definition) is 2. The predicted molar refractivity (Wildman–Crippen MR) is 79.8 cm³/mol. The molecule has 0 atom stereocenters. The van der Waals surface area contributed by atoms with Crippen LogP contribution in [0.5, 0.6) is 0 Å². The Hall–Kier alpha value is -1.52. The monoisotopic (exact) mass is 310 g/mol. The van der Waals surface area contributed by atoms with Crippen molar-refractivity contribution in [2.75, 3.05) is 0 Å². The van der Waals surface area contributed by atoms with Gasteiger partial charge in [-0.15, -0.1) is 0 Å². The Morgan fingerprint density at radius 2 is 1.85 bits per heavy atom. The van der Waals surface area contributed by atoms with Crippen LogP contribution in [0.25, 0.3) is 0 Å². The Kier molecular flexibility index (Phi) is 5.04. The molecular weight excluding hydrogens is 299 g/mol. The molecule has 2 aromatic carbocycles. The zero-order valence-electron chi connectivity index (χ0n) is 10.5. The highest BCUT2D eigenvalue weighted by atomic mass is 35.5. The minimum atomic E-state index is -0.942. The van der Waals surface area contributed by atoms with E-state index in [4.69, 9.17) is 16.7 Å². The molecule has 104 valence electrons. The maximum atomic E-state index is 13.6. The Labute approximate surface area is 125 Å². The predicted octanol–water partition coefficient (Wildman–Crippen LogP) is 4.61. The van der Waals surface area contributed by atoms with Gasteiger partial charge in [0.15, 0.2) is 0 Å². The van der Waals surface area contributed by atoms with Gasteiger partial charge in [-0.25, -0.2) is 9.18 Å². The van der Waals surface area contributed by atoms with Crippen molar-refractivity contribution in [1.29, 1.82) is 0 Å². The summed E-state index contributed by atoms with van der Waals surface area (Å²) in [6.45, 7) is 0. The summed E-state index contributed by atoms with van der Waals surface area (Å²) in [4.78, 5) is 10.7. The van der Waals surface area contributed by atoms with E-state index in [-0.39, 0.29) is 11.4 Å². The lowest BCUT2D eigenvalue weighted by Gasteiger charge is -2.06. The van der Waals surface area contributed by atoms with Gasteiger partial charge < -0.3 is 5.11 Å². The first-order valence-electron chi connectivity index (χ1n) is 5.91. The summed E-state index contributed by atoms with van der Waals surface area (Å²) in [5, 5.41) is 9.23. The highest BCUT2D eigenvalue weighted by molar-refractivity contribution is 7.97. The summed E-state index contributed by atoms with van der Waals surface area (Å²) < 4.78 is 13.6. The van der Waals surface area contributed by atoms with Crippen LogP contribution in [0, 0.1) is 5.82 Å². The summed E-state index contributed by atoms with van der Waals surface area (Å²) >= 11 is 7.48. The Bertz CT molecular complexity index is 594. The van der Waals surface area contributed by atoms with E-state index < -0.39 is 5.97 Å². The number of thioether (sulfide) groups is 1. The van der Waals surface area contributed by atoms with Gasteiger partial charge in [0, 0.05) is 22.1 Å². The van der Waals surface area contributed by atoms with Gasteiger partial charge >= 0.3 is 5.97 Å². The van der Waals surface area contributed by atoms with Crippen LogP contribution in [0.3, 0.4) is 0 Å². The SMILES string of the molecule is O=C(O)c1ccc(CSCc2c(F)cccc2Cl)cc1. The van der Waals surface area contributed by atoms with Crippen LogP contribution in [-0.2, 0) is 11.5 Å². The Balaban J connectivity index is 1.94.